The van der Waals surface area contributed by atoms with Crippen molar-refractivity contribution in [3.05, 3.63) is 70.2 Å². The van der Waals surface area contributed by atoms with Crippen LogP contribution in [0, 0.1) is 0 Å². The molecule has 0 unspecified atom stereocenters. The molecule has 0 N–H and O–H groups in total. The summed E-state index contributed by atoms with van der Waals surface area (Å²) >= 11 is 11.8. The minimum atomic E-state index is -4.62. The van der Waals surface area contributed by atoms with E-state index in [0.29, 0.717) is 11.1 Å². The Labute approximate surface area is 155 Å². The summed E-state index contributed by atoms with van der Waals surface area (Å²) in [6, 6.07) is 14.6. The number of halogens is 2. The third-order valence-electron chi connectivity index (χ3n) is 2.68. The van der Waals surface area contributed by atoms with Crippen molar-refractivity contribution in [1.29, 1.82) is 0 Å². The normalized spacial score (nSPS) is 10.6. The zero-order chi connectivity index (χ0) is 14.8. The summed E-state index contributed by atoms with van der Waals surface area (Å²) in [5.41, 5.74) is 1.13. The smallest absolute Gasteiger partial charge is 0.744 e. The fraction of sp³-hybridized carbons (Fsp3) is 0. The predicted octanol–water partition coefficient (Wildman–Crippen LogP) is 0.789. The Balaban J connectivity index is 0.00000220. The minimum Gasteiger partial charge on any atom is -0.744 e. The third-order valence-corrected chi connectivity index (χ3v) is 3.95. The summed E-state index contributed by atoms with van der Waals surface area (Å²) in [6.45, 7) is 0. The van der Waals surface area contributed by atoms with Crippen molar-refractivity contribution in [2.24, 2.45) is 0 Å². The number of rotatable bonds is 3. The molecule has 0 spiro atoms. The number of benzene rings is 2. The molecular weight excluding hydrogens is 342 g/mol. The van der Waals surface area contributed by atoms with E-state index in [1.165, 1.54) is 18.2 Å². The molecule has 21 heavy (non-hydrogen) atoms. The maximum Gasteiger partial charge on any atom is 1.00 e. The molecule has 0 saturated carbocycles. The van der Waals surface area contributed by atoms with E-state index in [1.54, 1.807) is 36.4 Å². The van der Waals surface area contributed by atoms with Crippen LogP contribution in [0.3, 0.4) is 0 Å². The van der Waals surface area contributed by atoms with Crippen molar-refractivity contribution in [2.75, 3.05) is 0 Å². The average molecular weight is 351 g/mol. The second kappa shape index (κ2) is 7.79. The summed E-state index contributed by atoms with van der Waals surface area (Å²) in [5.74, 6) is 0. The first-order valence-corrected chi connectivity index (χ1v) is 7.73. The van der Waals surface area contributed by atoms with Gasteiger partial charge in [0.1, 0.15) is 14.6 Å². The fourth-order valence-corrected chi connectivity index (χ4v) is 2.97. The Morgan fingerprint density at radius 2 is 1.43 bits per heavy atom. The second-order valence-corrected chi connectivity index (χ2v) is 6.25. The first kappa shape index (κ1) is 18.7. The SMILES string of the molecule is O=S(=O)([O-])c1ccccc1C(=C(Cl)Cl)c1ccccc1.[Na+]. The van der Waals surface area contributed by atoms with Gasteiger partial charge < -0.3 is 4.55 Å². The minimum absolute atomic E-state index is 0. The molecule has 0 aromatic heterocycles. The predicted molar refractivity (Wildman–Crippen MR) is 78.6 cm³/mol. The van der Waals surface area contributed by atoms with Crippen LogP contribution in [-0.4, -0.2) is 13.0 Å². The molecule has 7 heteroatoms. The van der Waals surface area contributed by atoms with Gasteiger partial charge in [0.05, 0.1) is 4.90 Å². The van der Waals surface area contributed by atoms with Crippen LogP contribution in [0.5, 0.6) is 0 Å². The van der Waals surface area contributed by atoms with Crippen LogP contribution in [0.25, 0.3) is 5.57 Å². The molecule has 0 aliphatic rings. The Hall–Kier alpha value is -0.330. The molecule has 0 aliphatic heterocycles. The summed E-state index contributed by atoms with van der Waals surface area (Å²) in [5, 5.41) is 0. The van der Waals surface area contributed by atoms with Crippen molar-refractivity contribution in [2.45, 2.75) is 4.90 Å². The van der Waals surface area contributed by atoms with Gasteiger partial charge in [-0.1, -0.05) is 71.7 Å². The van der Waals surface area contributed by atoms with E-state index < -0.39 is 10.1 Å². The summed E-state index contributed by atoms with van der Waals surface area (Å²) in [4.78, 5) is -0.349. The molecule has 2 aromatic rings. The van der Waals surface area contributed by atoms with Crippen molar-refractivity contribution in [3.8, 4) is 0 Å². The standard InChI is InChI=1S/C14H10Cl2O3S.Na/c15-14(16)13(10-6-2-1-3-7-10)11-8-4-5-9-12(11)20(17,18)19;/h1-9H,(H,17,18,19);/q;+1/p-1. The van der Waals surface area contributed by atoms with Crippen LogP contribution >= 0.6 is 23.2 Å². The van der Waals surface area contributed by atoms with Gasteiger partial charge in [0.2, 0.25) is 0 Å². The van der Waals surface area contributed by atoms with E-state index in [0.717, 1.165) is 0 Å². The molecular formula is C14H9Cl2NaO3S. The molecule has 0 atom stereocenters. The van der Waals surface area contributed by atoms with Gasteiger partial charge in [-0.15, -0.1) is 0 Å². The summed E-state index contributed by atoms with van der Waals surface area (Å²) in [7, 11) is -4.62. The summed E-state index contributed by atoms with van der Waals surface area (Å²) < 4.78 is 33.9. The van der Waals surface area contributed by atoms with Crippen LogP contribution in [0.15, 0.2) is 64.0 Å². The van der Waals surface area contributed by atoms with Crippen LogP contribution in [0.4, 0.5) is 0 Å². The Morgan fingerprint density at radius 1 is 0.905 bits per heavy atom. The van der Waals surface area contributed by atoms with E-state index in [9.17, 15) is 13.0 Å². The molecule has 0 heterocycles. The topological polar surface area (TPSA) is 57.2 Å². The van der Waals surface area contributed by atoms with Crippen LogP contribution in [0.1, 0.15) is 11.1 Å². The Bertz CT molecular complexity index is 755. The maximum atomic E-state index is 11.3. The van der Waals surface area contributed by atoms with E-state index in [2.05, 4.69) is 0 Å². The van der Waals surface area contributed by atoms with Gasteiger partial charge in [-0.25, -0.2) is 8.42 Å². The van der Waals surface area contributed by atoms with Gasteiger partial charge >= 0.3 is 29.6 Å². The van der Waals surface area contributed by atoms with Gasteiger partial charge in [0.15, 0.2) is 0 Å². The van der Waals surface area contributed by atoms with Crippen molar-refractivity contribution in [3.63, 3.8) is 0 Å². The first-order chi connectivity index (χ1) is 9.41. The van der Waals surface area contributed by atoms with E-state index in [-0.39, 0.29) is 44.5 Å². The van der Waals surface area contributed by atoms with Crippen molar-refractivity contribution in [1.82, 2.24) is 0 Å². The molecule has 0 saturated heterocycles. The largest absolute Gasteiger partial charge is 1.00 e. The molecule has 0 radical (unpaired) electrons. The quantitative estimate of drug-likeness (QED) is 0.607. The molecule has 2 aromatic carbocycles. The van der Waals surface area contributed by atoms with Gasteiger partial charge in [0, 0.05) is 11.1 Å². The summed E-state index contributed by atoms with van der Waals surface area (Å²) in [6.07, 6.45) is 0. The Morgan fingerprint density at radius 3 is 1.95 bits per heavy atom. The van der Waals surface area contributed by atoms with Gasteiger partial charge in [-0.2, -0.15) is 0 Å². The Kier molecular flexibility index (Phi) is 6.94. The van der Waals surface area contributed by atoms with Crippen LogP contribution < -0.4 is 29.6 Å². The monoisotopic (exact) mass is 350 g/mol. The van der Waals surface area contributed by atoms with E-state index in [4.69, 9.17) is 23.2 Å². The van der Waals surface area contributed by atoms with Gasteiger partial charge in [-0.3, -0.25) is 0 Å². The van der Waals surface area contributed by atoms with Crippen LogP contribution in [-0.2, 0) is 10.1 Å². The second-order valence-electron chi connectivity index (χ2n) is 3.95. The third kappa shape index (κ3) is 4.57. The molecule has 0 bridgehead atoms. The van der Waals surface area contributed by atoms with Crippen LogP contribution in [0.2, 0.25) is 0 Å². The van der Waals surface area contributed by atoms with Gasteiger partial charge in [0.25, 0.3) is 0 Å². The van der Waals surface area contributed by atoms with Gasteiger partial charge in [-0.05, 0) is 11.6 Å². The molecule has 0 aliphatic carbocycles. The van der Waals surface area contributed by atoms with Crippen molar-refractivity contribution < 1.29 is 42.5 Å². The maximum absolute atomic E-state index is 11.3. The molecule has 0 amide bonds. The van der Waals surface area contributed by atoms with E-state index in [1.807, 2.05) is 0 Å². The number of hydrogen-bond acceptors (Lipinski definition) is 3. The molecule has 104 valence electrons. The average Bonchev–Trinajstić information content (AvgIpc) is 2.39. The fourth-order valence-electron chi connectivity index (χ4n) is 1.86. The zero-order valence-electron chi connectivity index (χ0n) is 11.1. The molecule has 3 nitrogen and oxygen atoms in total. The van der Waals surface area contributed by atoms with Crippen molar-refractivity contribution >= 4 is 38.9 Å². The first-order valence-electron chi connectivity index (χ1n) is 5.57. The van der Waals surface area contributed by atoms with E-state index >= 15 is 0 Å². The molecule has 2 rings (SSSR count). The number of hydrogen-bond donors (Lipinski definition) is 0. The molecule has 0 fully saturated rings. The zero-order valence-corrected chi connectivity index (χ0v) is 15.4.